The number of nitrogens with zero attached hydrogens (tertiary/aromatic N) is 3. The minimum atomic E-state index is -1.56. The van der Waals surface area contributed by atoms with E-state index in [1.165, 1.54) is 10.4 Å². The van der Waals surface area contributed by atoms with Crippen LogP contribution in [0, 0.1) is 0 Å². The topological polar surface area (TPSA) is 37.2 Å². The summed E-state index contributed by atoms with van der Waals surface area (Å²) < 4.78 is 16.8. The third kappa shape index (κ3) is 5.97. The first-order chi connectivity index (χ1) is 32.5. The van der Waals surface area contributed by atoms with Gasteiger partial charge in [0.15, 0.2) is 11.2 Å². The first-order valence-electron chi connectivity index (χ1n) is 23.3. The summed E-state index contributed by atoms with van der Waals surface area (Å²) in [5, 5.41) is 11.7. The van der Waals surface area contributed by atoms with E-state index in [-0.39, 0.29) is 0 Å². The van der Waals surface area contributed by atoms with Gasteiger partial charge in [-0.1, -0.05) is 165 Å². The van der Waals surface area contributed by atoms with Crippen molar-refractivity contribution in [3.05, 3.63) is 188 Å². The van der Waals surface area contributed by atoms with Crippen LogP contribution >= 0.6 is 0 Å². The van der Waals surface area contributed by atoms with E-state index in [0.717, 1.165) is 116 Å². The Balaban J connectivity index is 1.23. The van der Waals surface area contributed by atoms with Gasteiger partial charge in [-0.2, -0.15) is 0 Å². The molecule has 4 aromatic heterocycles. The molecule has 0 N–H and O–H groups in total. The molecule has 324 valence electrons. The van der Waals surface area contributed by atoms with Gasteiger partial charge in [-0.3, -0.25) is 0 Å². The lowest BCUT2D eigenvalue weighted by Crippen LogP contribution is -2.37. The highest BCUT2D eigenvalue weighted by Crippen LogP contribution is 2.54. The van der Waals surface area contributed by atoms with Gasteiger partial charge in [-0.15, -0.1) is 0 Å². The molecule has 0 atom stereocenters. The van der Waals surface area contributed by atoms with Gasteiger partial charge in [0.05, 0.1) is 33.0 Å². The quantitative estimate of drug-likeness (QED) is 0.142. The summed E-state index contributed by atoms with van der Waals surface area (Å²) in [6, 6.07) is 68.8. The number of benzene rings is 9. The monoisotopic (exact) mass is 899 g/mol. The van der Waals surface area contributed by atoms with E-state index in [0.29, 0.717) is 0 Å². The van der Waals surface area contributed by atoms with Crippen LogP contribution in [0.5, 0.6) is 0 Å². The van der Waals surface area contributed by atoms with Gasteiger partial charge >= 0.3 is 0 Å². The number of aromatic nitrogens is 1. The van der Waals surface area contributed by atoms with Crippen LogP contribution in [-0.2, 0) is 0 Å². The summed E-state index contributed by atoms with van der Waals surface area (Å²) in [5.41, 5.74) is 13.2. The van der Waals surface area contributed by atoms with E-state index in [4.69, 9.17) is 8.83 Å². The zero-order chi connectivity index (χ0) is 45.3. The summed E-state index contributed by atoms with van der Waals surface area (Å²) in [4.78, 5) is 4.90. The second-order valence-corrected chi connectivity index (χ2v) is 30.3. The van der Waals surface area contributed by atoms with Crippen molar-refractivity contribution in [3.63, 3.8) is 0 Å². The zero-order valence-corrected chi connectivity index (χ0v) is 40.6. The lowest BCUT2D eigenvalue weighted by Gasteiger charge is -2.28. The second-order valence-electron chi connectivity index (χ2n) is 20.2. The molecule has 0 amide bonds. The van der Waals surface area contributed by atoms with Crippen LogP contribution in [0.1, 0.15) is 0 Å². The Labute approximate surface area is 391 Å². The van der Waals surface area contributed by atoms with Crippen LogP contribution in [0.25, 0.3) is 82.0 Å². The molecule has 5 nitrogen and oxygen atoms in total. The number of hydrogen-bond acceptors (Lipinski definition) is 4. The molecule has 0 aliphatic carbocycles. The molecular formula is C60H49N3O2Si2. The molecule has 13 rings (SSSR count). The Bertz CT molecular complexity index is 3790. The number of para-hydroxylation sites is 5. The Morgan fingerprint density at radius 2 is 0.701 bits per heavy atom. The normalized spacial score (nSPS) is 12.6. The van der Waals surface area contributed by atoms with Crippen molar-refractivity contribution in [1.29, 1.82) is 0 Å². The predicted molar refractivity (Wildman–Crippen MR) is 291 cm³/mol. The van der Waals surface area contributed by atoms with Crippen molar-refractivity contribution in [2.75, 3.05) is 9.80 Å². The molecule has 0 saturated carbocycles. The van der Waals surface area contributed by atoms with E-state index in [2.05, 4.69) is 242 Å². The number of rotatable bonds is 8. The molecule has 0 bridgehead atoms. The molecule has 4 heterocycles. The fourth-order valence-electron chi connectivity index (χ4n) is 10.7. The summed E-state index contributed by atoms with van der Waals surface area (Å²) in [6.45, 7) is 14.5. The molecule has 0 fully saturated rings. The van der Waals surface area contributed by atoms with Crippen molar-refractivity contribution in [2.24, 2.45) is 0 Å². The van der Waals surface area contributed by atoms with Crippen LogP contribution in [0.2, 0.25) is 39.3 Å². The van der Waals surface area contributed by atoms with Crippen molar-refractivity contribution in [2.45, 2.75) is 39.3 Å². The molecule has 67 heavy (non-hydrogen) atoms. The molecule has 7 heteroatoms. The van der Waals surface area contributed by atoms with Gasteiger partial charge in [0, 0.05) is 65.8 Å². The summed E-state index contributed by atoms with van der Waals surface area (Å²) >= 11 is 0. The van der Waals surface area contributed by atoms with E-state index < -0.39 is 16.1 Å². The fraction of sp³-hybridized carbons (Fsp3) is 0.100. The zero-order valence-electron chi connectivity index (χ0n) is 38.6. The number of fused-ring (bicyclic) bond motifs is 14. The molecule has 0 saturated heterocycles. The number of hydrogen-bond donors (Lipinski definition) is 0. The molecule has 13 aromatic rings. The molecule has 0 aliphatic heterocycles. The molecule has 0 spiro atoms. The molecule has 9 aromatic carbocycles. The highest BCUT2D eigenvalue weighted by Gasteiger charge is 2.32. The predicted octanol–water partition coefficient (Wildman–Crippen LogP) is 16.7. The van der Waals surface area contributed by atoms with Crippen molar-refractivity contribution < 1.29 is 8.83 Å². The Hall–Kier alpha value is -7.59. The van der Waals surface area contributed by atoms with Gasteiger partial charge < -0.3 is 23.0 Å². The average Bonchev–Trinajstić information content (AvgIpc) is 4.10. The van der Waals surface area contributed by atoms with E-state index in [9.17, 15) is 0 Å². The molecule has 0 unspecified atom stereocenters. The Morgan fingerprint density at radius 1 is 0.343 bits per heavy atom. The Morgan fingerprint density at radius 3 is 1.10 bits per heavy atom. The largest absolute Gasteiger partial charge is 0.454 e. The average molecular weight is 900 g/mol. The smallest absolute Gasteiger partial charge is 0.160 e. The molecule has 0 radical (unpaired) electrons. The first kappa shape index (κ1) is 39.8. The van der Waals surface area contributed by atoms with Gasteiger partial charge in [0.1, 0.15) is 22.2 Å². The molecule has 0 aliphatic rings. The lowest BCUT2D eigenvalue weighted by molar-refractivity contribution is 0.670. The van der Waals surface area contributed by atoms with Crippen LogP contribution in [0.15, 0.2) is 197 Å². The first-order valence-corrected chi connectivity index (χ1v) is 30.3. The van der Waals surface area contributed by atoms with Crippen molar-refractivity contribution in [3.8, 4) is 0 Å². The van der Waals surface area contributed by atoms with Crippen LogP contribution in [-0.4, -0.2) is 20.5 Å². The minimum absolute atomic E-state index is 0.855. The third-order valence-electron chi connectivity index (χ3n) is 14.0. The third-order valence-corrected chi connectivity index (χ3v) is 18.1. The van der Waals surface area contributed by atoms with Crippen LogP contribution in [0.3, 0.4) is 0 Å². The molecular weight excluding hydrogens is 851 g/mol. The second kappa shape index (κ2) is 14.5. The van der Waals surface area contributed by atoms with Gasteiger partial charge in [-0.05, 0) is 72.8 Å². The SMILES string of the molecule is C[Si](C)(C)c1ccc(N(c2ccccc2)c2cc3c4ccccc4oc3c3c2c2cccc4c5c(N(c6ccccc6)c6ccc([Si](C)(C)C)cc6)cc6c7ccccc7oc6c5n3c24)cc1. The number of anilines is 6. The van der Waals surface area contributed by atoms with Gasteiger partial charge in [-0.25, -0.2) is 0 Å². The highest BCUT2D eigenvalue weighted by molar-refractivity contribution is 6.89. The van der Waals surface area contributed by atoms with E-state index in [1.54, 1.807) is 0 Å². The maximum atomic E-state index is 7.13. The standard InChI is InChI=1S/C60H49N3O2Si2/c1-66(2,3)42-32-28-40(29-33-42)61(38-18-9-7-10-19-38)50-36-48-44-22-13-15-26-52(44)64-59(48)57-54(50)46-24-17-25-47-55-51(37-49-45-23-14-16-27-53(45)65-60(49)58(55)63(57)56(46)47)62(39-20-11-8-12-21-39)41-30-34-43(35-31-41)67(4,5)6/h7-37H,1-6H3. The lowest BCUT2D eigenvalue weighted by atomic mass is 10.0. The Kier molecular flexibility index (Phi) is 8.58. The van der Waals surface area contributed by atoms with Crippen molar-refractivity contribution in [1.82, 2.24) is 4.40 Å². The minimum Gasteiger partial charge on any atom is -0.454 e. The van der Waals surface area contributed by atoms with Crippen LogP contribution < -0.4 is 20.2 Å². The summed E-state index contributed by atoms with van der Waals surface area (Å²) in [7, 11) is -3.13. The fourth-order valence-corrected chi connectivity index (χ4v) is 13.1. The van der Waals surface area contributed by atoms with E-state index >= 15 is 0 Å². The summed E-state index contributed by atoms with van der Waals surface area (Å²) in [5.74, 6) is 0. The van der Waals surface area contributed by atoms with Gasteiger partial charge in [0.25, 0.3) is 0 Å². The van der Waals surface area contributed by atoms with E-state index in [1.807, 2.05) is 0 Å². The maximum Gasteiger partial charge on any atom is 0.160 e. The number of furan rings is 2. The van der Waals surface area contributed by atoms with Crippen LogP contribution in [0.4, 0.5) is 34.1 Å². The summed E-state index contributed by atoms with van der Waals surface area (Å²) in [6.07, 6.45) is 0. The van der Waals surface area contributed by atoms with Gasteiger partial charge in [0.2, 0.25) is 0 Å². The highest BCUT2D eigenvalue weighted by atomic mass is 28.3. The maximum absolute atomic E-state index is 7.13. The van der Waals surface area contributed by atoms with Crippen molar-refractivity contribution >= 4 is 143 Å².